The maximum Gasteiger partial charge on any atom is 0.202 e. The van der Waals surface area contributed by atoms with E-state index in [4.69, 9.17) is 17.3 Å². The molecule has 0 unspecified atom stereocenters. The van der Waals surface area contributed by atoms with Gasteiger partial charge in [-0.25, -0.2) is 9.97 Å². The molecule has 3 aromatic rings. The predicted octanol–water partition coefficient (Wildman–Crippen LogP) is 2.63. The number of hydrogen-bond donors (Lipinski definition) is 2. The number of aromatic nitrogens is 5. The fourth-order valence-electron chi connectivity index (χ4n) is 3.17. The van der Waals surface area contributed by atoms with Gasteiger partial charge >= 0.3 is 0 Å². The summed E-state index contributed by atoms with van der Waals surface area (Å²) in [5.41, 5.74) is 8.90. The normalized spacial score (nSPS) is 17.2. The maximum absolute atomic E-state index is 6.26. The van der Waals surface area contributed by atoms with Crippen LogP contribution in [0.1, 0.15) is 19.8 Å². The minimum absolute atomic E-state index is 0.227. The molecule has 0 radical (unpaired) electrons. The molecule has 0 aromatic carbocycles. The van der Waals surface area contributed by atoms with E-state index in [1.807, 2.05) is 0 Å². The number of rotatable bonds is 3. The topological polar surface area (TPSA) is 96.6 Å². The maximum atomic E-state index is 6.26. The van der Waals surface area contributed by atoms with Gasteiger partial charge < -0.3 is 10.6 Å². The Kier molecular flexibility index (Phi) is 4.05. The highest BCUT2D eigenvalue weighted by atomic mass is 35.5. The molecule has 0 aliphatic carbocycles. The van der Waals surface area contributed by atoms with Gasteiger partial charge in [0.15, 0.2) is 0 Å². The van der Waals surface area contributed by atoms with Crippen molar-refractivity contribution < 1.29 is 0 Å². The molecular weight excluding hydrogens is 338 g/mol. The van der Waals surface area contributed by atoms with Gasteiger partial charge in [0.25, 0.3) is 0 Å². The second-order valence-electron chi connectivity index (χ2n) is 6.86. The van der Waals surface area contributed by atoms with Gasteiger partial charge in [0.2, 0.25) is 5.65 Å². The molecule has 25 heavy (non-hydrogen) atoms. The van der Waals surface area contributed by atoms with Crippen molar-refractivity contribution >= 4 is 28.6 Å². The highest BCUT2D eigenvalue weighted by Gasteiger charge is 2.29. The molecule has 0 spiro atoms. The van der Waals surface area contributed by atoms with Crippen LogP contribution in [0.5, 0.6) is 0 Å². The van der Waals surface area contributed by atoms with Crippen LogP contribution in [0.4, 0.5) is 5.82 Å². The lowest BCUT2D eigenvalue weighted by atomic mass is 9.80. The third-order valence-corrected chi connectivity index (χ3v) is 5.41. The van der Waals surface area contributed by atoms with Crippen LogP contribution < -0.4 is 10.6 Å². The minimum atomic E-state index is 0.227. The Balaban J connectivity index is 1.64. The first-order valence-electron chi connectivity index (χ1n) is 8.36. The van der Waals surface area contributed by atoms with Gasteiger partial charge in [-0.2, -0.15) is 5.10 Å². The van der Waals surface area contributed by atoms with Gasteiger partial charge in [-0.05, 0) is 30.9 Å². The van der Waals surface area contributed by atoms with Crippen LogP contribution >= 0.6 is 11.6 Å². The molecule has 1 fully saturated rings. The molecule has 4 rings (SSSR count). The first-order chi connectivity index (χ1) is 12.1. The van der Waals surface area contributed by atoms with Gasteiger partial charge in [-0.15, -0.1) is 0 Å². The van der Waals surface area contributed by atoms with E-state index in [2.05, 4.69) is 37.0 Å². The van der Waals surface area contributed by atoms with Crippen molar-refractivity contribution in [2.45, 2.75) is 19.8 Å². The van der Waals surface area contributed by atoms with Crippen molar-refractivity contribution in [2.75, 3.05) is 24.5 Å². The average Bonchev–Trinajstić information content (AvgIpc) is 3.06. The van der Waals surface area contributed by atoms with E-state index in [0.717, 1.165) is 49.6 Å². The highest BCUT2D eigenvalue weighted by Crippen LogP contribution is 2.33. The number of piperidine rings is 1. The summed E-state index contributed by atoms with van der Waals surface area (Å²) in [4.78, 5) is 15.6. The van der Waals surface area contributed by atoms with Crippen LogP contribution in [0.3, 0.4) is 0 Å². The largest absolute Gasteiger partial charge is 0.355 e. The van der Waals surface area contributed by atoms with E-state index in [0.29, 0.717) is 16.2 Å². The lowest BCUT2D eigenvalue weighted by Gasteiger charge is -2.39. The summed E-state index contributed by atoms with van der Waals surface area (Å²) < 4.78 is 0. The average molecular weight is 358 g/mol. The van der Waals surface area contributed by atoms with Crippen molar-refractivity contribution in [3.8, 4) is 11.3 Å². The van der Waals surface area contributed by atoms with Crippen LogP contribution in [-0.2, 0) is 0 Å². The van der Waals surface area contributed by atoms with E-state index in [-0.39, 0.29) is 5.41 Å². The first kappa shape index (κ1) is 16.2. The molecule has 4 heterocycles. The predicted molar refractivity (Wildman–Crippen MR) is 98.5 cm³/mol. The number of nitrogens with zero attached hydrogens (tertiary/aromatic N) is 5. The Morgan fingerprint density at radius 2 is 2.12 bits per heavy atom. The summed E-state index contributed by atoms with van der Waals surface area (Å²) in [6.45, 7) is 4.83. The van der Waals surface area contributed by atoms with Crippen LogP contribution in [0, 0.1) is 5.41 Å². The van der Waals surface area contributed by atoms with E-state index in [1.165, 1.54) is 0 Å². The summed E-state index contributed by atoms with van der Waals surface area (Å²) in [7, 11) is 0. The Labute approximate surface area is 150 Å². The summed E-state index contributed by atoms with van der Waals surface area (Å²) in [6, 6.07) is 1.74. The van der Waals surface area contributed by atoms with Crippen molar-refractivity contribution in [3.63, 3.8) is 0 Å². The van der Waals surface area contributed by atoms with E-state index in [1.54, 1.807) is 24.7 Å². The summed E-state index contributed by atoms with van der Waals surface area (Å²) in [5.74, 6) is 0.849. The molecule has 130 valence electrons. The van der Waals surface area contributed by atoms with Crippen LogP contribution in [-0.4, -0.2) is 44.8 Å². The fourth-order valence-corrected chi connectivity index (χ4v) is 3.37. The standard InChI is InChI=1S/C17H20ClN7/c1-17(10-19)3-6-25(7-4-17)13-9-21-15-14(23-24-16(15)22-13)11-8-20-5-2-12(11)18/h2,5,8-9H,3-4,6-7,10,19H2,1H3,(H,22,23,24). The molecule has 8 heteroatoms. The molecule has 1 aliphatic heterocycles. The number of nitrogens with two attached hydrogens (primary N) is 1. The number of pyridine rings is 1. The Morgan fingerprint density at radius 1 is 1.32 bits per heavy atom. The van der Waals surface area contributed by atoms with Crippen molar-refractivity contribution in [1.82, 2.24) is 25.1 Å². The molecule has 7 nitrogen and oxygen atoms in total. The minimum Gasteiger partial charge on any atom is -0.355 e. The highest BCUT2D eigenvalue weighted by molar-refractivity contribution is 6.33. The molecule has 0 saturated carbocycles. The number of aromatic amines is 1. The molecule has 0 bridgehead atoms. The molecule has 0 amide bonds. The van der Waals surface area contributed by atoms with Gasteiger partial charge in [0.05, 0.1) is 16.9 Å². The number of hydrogen-bond acceptors (Lipinski definition) is 6. The number of anilines is 1. The zero-order chi connectivity index (χ0) is 17.4. The van der Waals surface area contributed by atoms with Crippen molar-refractivity contribution in [1.29, 1.82) is 0 Å². The second kappa shape index (κ2) is 6.24. The van der Waals surface area contributed by atoms with Crippen molar-refractivity contribution in [2.24, 2.45) is 11.1 Å². The summed E-state index contributed by atoms with van der Waals surface area (Å²) in [6.07, 6.45) is 7.26. The molecule has 3 aromatic heterocycles. The smallest absolute Gasteiger partial charge is 0.202 e. The number of H-pyrrole nitrogens is 1. The van der Waals surface area contributed by atoms with Crippen LogP contribution in [0.15, 0.2) is 24.7 Å². The monoisotopic (exact) mass is 357 g/mol. The fraction of sp³-hybridized carbons (Fsp3) is 0.412. The Hall–Kier alpha value is -2.25. The van der Waals surface area contributed by atoms with Gasteiger partial charge in [-0.3, -0.25) is 10.1 Å². The SMILES string of the molecule is CC1(CN)CCN(c2cnc3c(-c4cnccc4Cl)[nH]nc3n2)CC1. The first-order valence-corrected chi connectivity index (χ1v) is 8.73. The number of halogens is 1. The van der Waals surface area contributed by atoms with Gasteiger partial charge in [0.1, 0.15) is 11.3 Å². The van der Waals surface area contributed by atoms with Gasteiger partial charge in [0, 0.05) is 31.0 Å². The lowest BCUT2D eigenvalue weighted by Crippen LogP contribution is -2.42. The zero-order valence-corrected chi connectivity index (χ0v) is 14.8. The van der Waals surface area contributed by atoms with Crippen molar-refractivity contribution in [3.05, 3.63) is 29.7 Å². The third-order valence-electron chi connectivity index (χ3n) is 5.08. The number of nitrogens with one attached hydrogen (secondary N) is 1. The van der Waals surface area contributed by atoms with Gasteiger partial charge in [-0.1, -0.05) is 18.5 Å². The van der Waals surface area contributed by atoms with Crippen LogP contribution in [0.25, 0.3) is 22.4 Å². The summed E-state index contributed by atoms with van der Waals surface area (Å²) in [5, 5.41) is 7.89. The third kappa shape index (κ3) is 2.94. The van der Waals surface area contributed by atoms with E-state index >= 15 is 0 Å². The zero-order valence-electron chi connectivity index (χ0n) is 14.0. The van der Waals surface area contributed by atoms with Crippen LogP contribution in [0.2, 0.25) is 5.02 Å². The van der Waals surface area contributed by atoms with E-state index in [9.17, 15) is 0 Å². The van der Waals surface area contributed by atoms with E-state index < -0.39 is 0 Å². The molecule has 1 saturated heterocycles. The Morgan fingerprint density at radius 3 is 2.84 bits per heavy atom. The second-order valence-corrected chi connectivity index (χ2v) is 7.26. The molecule has 3 N–H and O–H groups in total. The Bertz CT molecular complexity index is 899. The summed E-state index contributed by atoms with van der Waals surface area (Å²) >= 11 is 6.26. The molecular formula is C17H20ClN7. The molecule has 1 aliphatic rings. The lowest BCUT2D eigenvalue weighted by molar-refractivity contribution is 0.258. The quantitative estimate of drug-likeness (QED) is 0.748. The number of fused-ring (bicyclic) bond motifs is 1. The molecule has 0 atom stereocenters.